The Morgan fingerprint density at radius 3 is 1.00 bits per heavy atom. The summed E-state index contributed by atoms with van der Waals surface area (Å²) in [7, 11) is 0. The molecule has 0 N–H and O–H groups in total. The molecule has 0 aromatic heterocycles. The van der Waals surface area contributed by atoms with Crippen LogP contribution in [0.5, 0.6) is 0 Å². The predicted molar refractivity (Wildman–Crippen MR) is 26.1 cm³/mol. The van der Waals surface area contributed by atoms with E-state index in [-0.39, 0.29) is 37.7 Å². The van der Waals surface area contributed by atoms with Gasteiger partial charge in [0.1, 0.15) is 0 Å². The standard InChI is InChI=1S/Ca.Ce.3ClH.2H/h;;3*1H;;/q;+3;;;;;/p-3. The van der Waals surface area contributed by atoms with Crippen molar-refractivity contribution in [3.05, 3.63) is 0 Å². The summed E-state index contributed by atoms with van der Waals surface area (Å²) in [6.07, 6.45) is 0. The number of rotatable bonds is 0. The molecule has 0 bridgehead atoms. The molecule has 0 unspecified atom stereocenters. The van der Waals surface area contributed by atoms with Gasteiger partial charge in [0.25, 0.3) is 0 Å². The van der Waals surface area contributed by atoms with Crippen molar-refractivity contribution in [1.82, 2.24) is 0 Å². The average molecular weight is 289 g/mol. The summed E-state index contributed by atoms with van der Waals surface area (Å²) in [6.45, 7) is 0. The summed E-state index contributed by atoms with van der Waals surface area (Å²) in [4.78, 5) is 0. The summed E-state index contributed by atoms with van der Waals surface area (Å²) in [6, 6.07) is 0. The van der Waals surface area contributed by atoms with Crippen LogP contribution in [0.4, 0.5) is 0 Å². The molecule has 0 fully saturated rings. The summed E-state index contributed by atoms with van der Waals surface area (Å²) >= 11 is -2.24. The maximum atomic E-state index is 5.02. The molecule has 0 aliphatic rings. The summed E-state index contributed by atoms with van der Waals surface area (Å²) in [5.74, 6) is 0. The van der Waals surface area contributed by atoms with Gasteiger partial charge in [-0.1, -0.05) is 0 Å². The van der Waals surface area contributed by atoms with Crippen LogP contribution in [0.3, 0.4) is 0 Å². The predicted octanol–water partition coefficient (Wildman–Crippen LogP) is 1.15. The zero-order valence-electron chi connectivity index (χ0n) is 1.63. The molecule has 0 nitrogen and oxygen atoms in total. The molecule has 0 aromatic rings. The molecule has 5 heavy (non-hydrogen) atoms. The van der Waals surface area contributed by atoms with Crippen LogP contribution in [-0.2, 0) is 0 Å². The van der Waals surface area contributed by atoms with Crippen molar-refractivity contribution in [3.63, 3.8) is 0 Å². The van der Waals surface area contributed by atoms with E-state index in [1.807, 2.05) is 0 Å². The van der Waals surface area contributed by atoms with Gasteiger partial charge in [-0.2, -0.15) is 0 Å². The van der Waals surface area contributed by atoms with E-state index in [9.17, 15) is 0 Å². The van der Waals surface area contributed by atoms with Crippen molar-refractivity contribution in [1.29, 1.82) is 0 Å². The van der Waals surface area contributed by atoms with Gasteiger partial charge in [-0.3, -0.25) is 0 Å². The number of hydrogen-bond acceptors (Lipinski definition) is 0. The fourth-order valence-electron chi connectivity index (χ4n) is 0. The Bertz CT molecular complexity index is 11.6. The van der Waals surface area contributed by atoms with E-state index in [1.54, 1.807) is 0 Å². The quantitative estimate of drug-likeness (QED) is 0.587. The zero-order valence-corrected chi connectivity index (χ0v) is 7.04. The topological polar surface area (TPSA) is 0 Å². The molecule has 0 aliphatic heterocycles. The molecule has 0 amide bonds. The van der Waals surface area contributed by atoms with Crippen molar-refractivity contribution in [2.45, 2.75) is 0 Å². The van der Waals surface area contributed by atoms with E-state index >= 15 is 0 Å². The third kappa shape index (κ3) is 18.5. The fraction of sp³-hybridized carbons (Fsp3) is 0. The van der Waals surface area contributed by atoms with Crippen LogP contribution < -0.4 is 0 Å². The molecule has 0 aliphatic carbocycles. The minimum absolute atomic E-state index is 0. The third-order valence-corrected chi connectivity index (χ3v) is 0. The van der Waals surface area contributed by atoms with Gasteiger partial charge in [0.2, 0.25) is 0 Å². The van der Waals surface area contributed by atoms with Crippen LogP contribution in [-0.4, -0.2) is 37.7 Å². The molecular weight excluding hydrogens is 287 g/mol. The Balaban J connectivity index is 0. The first-order valence-corrected chi connectivity index (χ1v) is 12.4. The molecule has 0 aromatic carbocycles. The minimum atomic E-state index is -2.24. The van der Waals surface area contributed by atoms with Crippen LogP contribution in [0, 0.1) is 30.7 Å². The van der Waals surface area contributed by atoms with Crippen molar-refractivity contribution in [2.75, 3.05) is 0 Å². The van der Waals surface area contributed by atoms with Gasteiger partial charge in [-0.15, -0.1) is 0 Å². The first-order chi connectivity index (χ1) is 1.73. The van der Waals surface area contributed by atoms with Crippen LogP contribution in [0.25, 0.3) is 0 Å². The maximum absolute atomic E-state index is 5.02. The van der Waals surface area contributed by atoms with E-state index < -0.39 is 30.7 Å². The van der Waals surface area contributed by atoms with Crippen LogP contribution >= 0.6 is 16.9 Å². The van der Waals surface area contributed by atoms with Crippen molar-refractivity contribution in [2.24, 2.45) is 0 Å². The molecule has 0 saturated carbocycles. The van der Waals surface area contributed by atoms with E-state index in [1.165, 1.54) is 0 Å². The van der Waals surface area contributed by atoms with Crippen molar-refractivity contribution in [3.8, 4) is 0 Å². The van der Waals surface area contributed by atoms with Crippen molar-refractivity contribution >= 4 is 54.6 Å². The molecule has 0 rings (SSSR count). The molecular formula is H2CaCeCl3. The van der Waals surface area contributed by atoms with E-state index in [4.69, 9.17) is 16.9 Å². The Morgan fingerprint density at radius 2 is 1.00 bits per heavy atom. The monoisotopic (exact) mass is 287 g/mol. The Hall–Kier alpha value is 3.51. The Morgan fingerprint density at radius 1 is 1.00 bits per heavy atom. The van der Waals surface area contributed by atoms with Gasteiger partial charge in [0.05, 0.1) is 0 Å². The summed E-state index contributed by atoms with van der Waals surface area (Å²) in [5, 5.41) is 0. The Kier molecular flexibility index (Phi) is 17.0. The third-order valence-electron chi connectivity index (χ3n) is 0. The van der Waals surface area contributed by atoms with Gasteiger partial charge in [0.15, 0.2) is 0 Å². The normalized spacial score (nSPS) is 5.40. The SMILES string of the molecule is [CaH2].[Cl][Ce]([Cl])[Cl]. The van der Waals surface area contributed by atoms with E-state index in [0.29, 0.717) is 0 Å². The second-order valence-electron chi connectivity index (χ2n) is 0.214. The first-order valence-electron chi connectivity index (χ1n) is 0.567. The second-order valence-corrected chi connectivity index (χ2v) is 14.0. The molecule has 5 heteroatoms. The fourth-order valence-corrected chi connectivity index (χ4v) is 0. The summed E-state index contributed by atoms with van der Waals surface area (Å²) < 4.78 is 0. The van der Waals surface area contributed by atoms with Crippen LogP contribution in [0.1, 0.15) is 0 Å². The van der Waals surface area contributed by atoms with Crippen molar-refractivity contribution < 1.29 is 30.7 Å². The van der Waals surface area contributed by atoms with Gasteiger partial charge in [0, 0.05) is 0 Å². The molecule has 0 spiro atoms. The first kappa shape index (κ1) is 11.3. The summed E-state index contributed by atoms with van der Waals surface area (Å²) in [5.41, 5.74) is 15.1. The number of halogens is 3. The Labute approximate surface area is 82.4 Å². The second kappa shape index (κ2) is 7.51. The number of hydrogen-bond donors (Lipinski definition) is 0. The van der Waals surface area contributed by atoms with E-state index in [2.05, 4.69) is 0 Å². The van der Waals surface area contributed by atoms with Gasteiger partial charge >= 0.3 is 85.3 Å². The van der Waals surface area contributed by atoms with E-state index in [0.717, 1.165) is 0 Å². The molecule has 0 saturated heterocycles. The van der Waals surface area contributed by atoms with Gasteiger partial charge < -0.3 is 0 Å². The van der Waals surface area contributed by atoms with Crippen LogP contribution in [0.2, 0.25) is 0 Å². The average Bonchev–Trinajstić information content (AvgIpc) is 0.811. The molecule has 0 radical (unpaired) electrons. The molecule has 0 heterocycles. The van der Waals surface area contributed by atoms with Crippen LogP contribution in [0.15, 0.2) is 0 Å². The zero-order chi connectivity index (χ0) is 3.58. The van der Waals surface area contributed by atoms with Gasteiger partial charge in [-0.25, -0.2) is 0 Å². The van der Waals surface area contributed by atoms with Gasteiger partial charge in [-0.05, 0) is 0 Å². The molecule has 0 atom stereocenters. The molecule has 29 valence electrons.